The molecule has 0 saturated heterocycles. The van der Waals surface area contributed by atoms with Crippen molar-refractivity contribution in [2.24, 2.45) is 23.7 Å². The van der Waals surface area contributed by atoms with E-state index in [9.17, 15) is 13.2 Å². The van der Waals surface area contributed by atoms with E-state index in [0.29, 0.717) is 0 Å². The van der Waals surface area contributed by atoms with Crippen molar-refractivity contribution in [2.45, 2.75) is 83.1 Å². The molecule has 0 radical (unpaired) electrons. The molecule has 29 heavy (non-hydrogen) atoms. The molecular formula is C20H33F3O3S3. The van der Waals surface area contributed by atoms with Crippen LogP contribution in [0.2, 0.25) is 0 Å². The van der Waals surface area contributed by atoms with Crippen LogP contribution in [-0.4, -0.2) is 34.2 Å². The molecule has 170 valence electrons. The summed E-state index contributed by atoms with van der Waals surface area (Å²) in [5.41, 5.74) is -5.65. The van der Waals surface area contributed by atoms with Crippen molar-refractivity contribution in [2.75, 3.05) is 11.5 Å². The Labute approximate surface area is 181 Å². The van der Waals surface area contributed by atoms with Gasteiger partial charge in [-0.15, -0.1) is 0 Å². The molecule has 3 rings (SSSR count). The molecule has 0 bridgehead atoms. The monoisotopic (exact) mass is 474 g/mol. The highest BCUT2D eigenvalue weighted by atomic mass is 32.2. The summed E-state index contributed by atoms with van der Waals surface area (Å²) in [5, 5.41) is 0. The summed E-state index contributed by atoms with van der Waals surface area (Å²) in [4.78, 5) is 0. The average Bonchev–Trinajstić information content (AvgIpc) is 2.69. The molecule has 2 fully saturated rings. The van der Waals surface area contributed by atoms with E-state index in [1.54, 1.807) is 38.5 Å². The van der Waals surface area contributed by atoms with E-state index >= 15 is 0 Å². The topological polar surface area (TPSA) is 57.2 Å². The van der Waals surface area contributed by atoms with E-state index in [1.165, 1.54) is 43.6 Å². The smallest absolute Gasteiger partial charge is 0.485 e. The van der Waals surface area contributed by atoms with Crippen LogP contribution in [0.15, 0.2) is 0 Å². The molecule has 9 heteroatoms. The van der Waals surface area contributed by atoms with Crippen molar-refractivity contribution in [3.05, 3.63) is 0 Å². The molecule has 0 aromatic carbocycles. The third-order valence-electron chi connectivity index (χ3n) is 6.42. The maximum atomic E-state index is 10.7. The van der Waals surface area contributed by atoms with Gasteiger partial charge in [0.15, 0.2) is 27.2 Å². The van der Waals surface area contributed by atoms with Crippen LogP contribution >= 0.6 is 11.8 Å². The van der Waals surface area contributed by atoms with E-state index < -0.39 is 15.6 Å². The Kier molecular flexibility index (Phi) is 10.2. The van der Waals surface area contributed by atoms with Gasteiger partial charge in [-0.05, 0) is 56.3 Å². The summed E-state index contributed by atoms with van der Waals surface area (Å²) in [6.45, 7) is 2.35. The fourth-order valence-corrected chi connectivity index (χ4v) is 7.80. The third kappa shape index (κ3) is 8.30. The van der Waals surface area contributed by atoms with Crippen molar-refractivity contribution < 1.29 is 26.1 Å². The normalized spacial score (nSPS) is 31.4. The van der Waals surface area contributed by atoms with Crippen molar-refractivity contribution in [1.29, 1.82) is 0 Å². The molecule has 1 heterocycles. The minimum Gasteiger partial charge on any atom is -0.741 e. The van der Waals surface area contributed by atoms with Gasteiger partial charge >= 0.3 is 5.51 Å². The van der Waals surface area contributed by atoms with Gasteiger partial charge in [-0.25, -0.2) is 8.42 Å². The Morgan fingerprint density at radius 3 is 1.97 bits per heavy atom. The highest BCUT2D eigenvalue weighted by Gasteiger charge is 2.37. The van der Waals surface area contributed by atoms with Gasteiger partial charge in [-0.3, -0.25) is 0 Å². The van der Waals surface area contributed by atoms with Crippen LogP contribution in [0.3, 0.4) is 0 Å². The second kappa shape index (κ2) is 11.7. The molecule has 0 amide bonds. The summed E-state index contributed by atoms with van der Waals surface area (Å²) in [7, 11) is -6.09. The van der Waals surface area contributed by atoms with E-state index in [2.05, 4.69) is 30.0 Å². The van der Waals surface area contributed by atoms with E-state index in [-0.39, 0.29) is 0 Å². The fraction of sp³-hybridized carbons (Fsp3) is 0.950. The Bertz CT molecular complexity index is 619. The lowest BCUT2D eigenvalue weighted by Crippen LogP contribution is -2.28. The van der Waals surface area contributed by atoms with Gasteiger partial charge in [0.25, 0.3) is 0 Å². The first kappa shape index (κ1) is 25.4. The quantitative estimate of drug-likeness (QED) is 0.224. The van der Waals surface area contributed by atoms with Gasteiger partial charge in [0.1, 0.15) is 0 Å². The first-order chi connectivity index (χ1) is 13.6. The molecule has 0 unspecified atom stereocenters. The number of alkyl halides is 3. The van der Waals surface area contributed by atoms with Crippen LogP contribution in [-0.2, 0) is 21.5 Å². The zero-order chi connectivity index (χ0) is 21.5. The summed E-state index contributed by atoms with van der Waals surface area (Å²) in [5.74, 6) is 7.01. The number of thioether (sulfide) groups is 1. The maximum absolute atomic E-state index is 10.7. The number of hydrogen-bond acceptors (Lipinski definition) is 4. The molecule has 2 aliphatic carbocycles. The Balaban J connectivity index is 0.000000321. The van der Waals surface area contributed by atoms with Crippen molar-refractivity contribution in [3.8, 4) is 0 Å². The molecule has 0 N–H and O–H groups in total. The van der Waals surface area contributed by atoms with Crippen LogP contribution in [0.1, 0.15) is 77.6 Å². The molecule has 3 nitrogen and oxygen atoms in total. The zero-order valence-corrected chi connectivity index (χ0v) is 19.5. The molecular weight excluding hydrogens is 441 g/mol. The summed E-state index contributed by atoms with van der Waals surface area (Å²) in [6.07, 6.45) is 16.6. The van der Waals surface area contributed by atoms with Crippen LogP contribution in [0, 0.1) is 23.7 Å². The van der Waals surface area contributed by atoms with Gasteiger partial charge < -0.3 is 4.55 Å². The summed E-state index contributed by atoms with van der Waals surface area (Å²) < 4.78 is 60.7. The van der Waals surface area contributed by atoms with E-state index in [4.69, 9.17) is 13.0 Å². The van der Waals surface area contributed by atoms with E-state index in [1.807, 2.05) is 4.20 Å². The van der Waals surface area contributed by atoms with Crippen LogP contribution in [0.4, 0.5) is 13.2 Å². The highest BCUT2D eigenvalue weighted by Crippen LogP contribution is 2.43. The number of rotatable bonds is 4. The van der Waals surface area contributed by atoms with E-state index in [0.717, 1.165) is 23.7 Å². The summed E-state index contributed by atoms with van der Waals surface area (Å²) in [6, 6.07) is 0. The minimum absolute atomic E-state index is 0.966. The van der Waals surface area contributed by atoms with Gasteiger partial charge in [0.05, 0.1) is 0 Å². The van der Waals surface area contributed by atoms with Crippen molar-refractivity contribution >= 4 is 37.4 Å². The predicted octanol–water partition coefficient (Wildman–Crippen LogP) is 5.80. The SMILES string of the molecule is CCCC1CCC(C2CCC(C3=[S+]CCCS3)CC2)CC1.O=S(=O)([O-])C(F)(F)F. The Hall–Kier alpha value is 0.140. The van der Waals surface area contributed by atoms with Crippen LogP contribution in [0.5, 0.6) is 0 Å². The molecule has 1 aliphatic heterocycles. The largest absolute Gasteiger partial charge is 0.741 e. The van der Waals surface area contributed by atoms with Gasteiger partial charge in [0, 0.05) is 18.1 Å². The average molecular weight is 475 g/mol. The first-order valence-electron chi connectivity index (χ1n) is 10.8. The second-order valence-electron chi connectivity index (χ2n) is 8.45. The number of hydrogen-bond donors (Lipinski definition) is 0. The first-order valence-corrected chi connectivity index (χ1v) is 14.1. The molecule has 0 spiro atoms. The lowest BCUT2D eigenvalue weighted by atomic mass is 9.69. The minimum atomic E-state index is -6.09. The predicted molar refractivity (Wildman–Crippen MR) is 116 cm³/mol. The van der Waals surface area contributed by atoms with Gasteiger partial charge in [0.2, 0.25) is 4.20 Å². The molecule has 2 saturated carbocycles. The standard InChI is InChI=1S/C19H33S2.CHF3O3S/c1-2-4-15-5-7-16(8-6-15)17-9-11-18(12-10-17)19-20-13-3-14-21-19;2-1(3,4)8(5,6)7/h15-18H,2-14H2,1H3;(H,5,6,7)/q+1;/p-1. The number of halogens is 3. The third-order valence-corrected chi connectivity index (χ3v) is 9.92. The molecule has 0 atom stereocenters. The lowest BCUT2D eigenvalue weighted by molar-refractivity contribution is -0.0517. The zero-order valence-electron chi connectivity index (χ0n) is 17.1. The Morgan fingerprint density at radius 1 is 1.03 bits per heavy atom. The van der Waals surface area contributed by atoms with Crippen LogP contribution in [0.25, 0.3) is 0 Å². The van der Waals surface area contributed by atoms with Crippen molar-refractivity contribution in [3.63, 3.8) is 0 Å². The Morgan fingerprint density at radius 2 is 1.55 bits per heavy atom. The second-order valence-corrected chi connectivity index (χ2v) is 12.4. The maximum Gasteiger partial charge on any atom is 0.485 e. The lowest BCUT2D eigenvalue weighted by Gasteiger charge is -2.37. The van der Waals surface area contributed by atoms with Crippen LogP contribution < -0.4 is 0 Å². The molecule has 3 aliphatic rings. The van der Waals surface area contributed by atoms with Gasteiger partial charge in [-0.2, -0.15) is 13.2 Å². The van der Waals surface area contributed by atoms with Crippen molar-refractivity contribution in [1.82, 2.24) is 0 Å². The summed E-state index contributed by atoms with van der Waals surface area (Å²) >= 11 is 4.38. The van der Waals surface area contributed by atoms with Gasteiger partial charge in [-0.1, -0.05) is 44.4 Å². The fourth-order valence-electron chi connectivity index (χ4n) is 4.86. The molecule has 0 aromatic heterocycles. The molecule has 0 aromatic rings. The highest BCUT2D eigenvalue weighted by molar-refractivity contribution is 8.23.